The second-order valence-corrected chi connectivity index (χ2v) is 2.66. The van der Waals surface area contributed by atoms with E-state index < -0.39 is 31.9 Å². The molecule has 0 spiro atoms. The minimum absolute atomic E-state index is 0.0184. The zero-order valence-corrected chi connectivity index (χ0v) is 7.60. The molecule has 0 unspecified atom stereocenters. The number of carbonyl (C=O) groups is 1. The van der Waals surface area contributed by atoms with Gasteiger partial charge in [-0.05, 0) is 12.8 Å². The first-order valence-electron chi connectivity index (χ1n) is 6.96. The first-order valence-corrected chi connectivity index (χ1v) is 3.96. The molecule has 1 atom stereocenters. The molecular formula is C8H18N4O2. The van der Waals surface area contributed by atoms with Crippen LogP contribution in [0.4, 0.5) is 0 Å². The van der Waals surface area contributed by atoms with Crippen LogP contribution < -0.4 is 11.5 Å². The van der Waals surface area contributed by atoms with Crippen LogP contribution in [-0.2, 0) is 4.79 Å². The lowest BCUT2D eigenvalue weighted by atomic mass is 10.2. The van der Waals surface area contributed by atoms with Gasteiger partial charge in [-0.25, -0.2) is 0 Å². The smallest absolute Gasteiger partial charge is 0.320 e. The molecule has 0 heterocycles. The molecule has 14 heavy (non-hydrogen) atoms. The number of guanidine groups is 1. The lowest BCUT2D eigenvalue weighted by molar-refractivity contribution is -0.138. The SMILES string of the molecule is [2H]C([2H])([2H])N(C(N)=NCCC[C@H](N)C(=O)O)C([2H])([2H])[2H]. The standard InChI is InChI=1S/C8H18N4O2/c1-12(2)8(10)11-5-3-4-6(9)7(13)14/h6H,3-5,9H2,1-2H3,(H2,10,11)(H,13,14)/t6-/m0/s1/i1D3,2D3. The summed E-state index contributed by atoms with van der Waals surface area (Å²) in [6.45, 7) is -5.91. The van der Waals surface area contributed by atoms with Gasteiger partial charge in [0.2, 0.25) is 0 Å². The van der Waals surface area contributed by atoms with Crippen LogP contribution in [0.3, 0.4) is 0 Å². The van der Waals surface area contributed by atoms with Crippen molar-refractivity contribution < 1.29 is 18.1 Å². The van der Waals surface area contributed by atoms with E-state index in [1.165, 1.54) is 0 Å². The van der Waals surface area contributed by atoms with E-state index in [4.69, 9.17) is 24.8 Å². The Morgan fingerprint density at radius 3 is 2.86 bits per heavy atom. The van der Waals surface area contributed by atoms with Gasteiger partial charge in [0.25, 0.3) is 0 Å². The molecule has 82 valence electrons. The van der Waals surface area contributed by atoms with E-state index in [0.29, 0.717) is 0 Å². The highest BCUT2D eigenvalue weighted by atomic mass is 16.4. The molecule has 0 aliphatic heterocycles. The molecule has 0 aromatic carbocycles. The molecule has 0 fully saturated rings. The van der Waals surface area contributed by atoms with Gasteiger partial charge in [-0.3, -0.25) is 9.79 Å². The van der Waals surface area contributed by atoms with E-state index in [0.717, 1.165) is 0 Å². The Morgan fingerprint density at radius 2 is 2.36 bits per heavy atom. The highest BCUT2D eigenvalue weighted by molar-refractivity contribution is 5.77. The molecule has 5 N–H and O–H groups in total. The molecule has 0 aromatic rings. The summed E-state index contributed by atoms with van der Waals surface area (Å²) in [5.41, 5.74) is 10.6. The van der Waals surface area contributed by atoms with E-state index in [2.05, 4.69) is 4.99 Å². The number of nitrogens with two attached hydrogens (primary N) is 2. The summed E-state index contributed by atoms with van der Waals surface area (Å²) in [5, 5.41) is 8.55. The molecule has 0 bridgehead atoms. The minimum Gasteiger partial charge on any atom is -0.480 e. The van der Waals surface area contributed by atoms with E-state index in [9.17, 15) is 4.79 Å². The Morgan fingerprint density at radius 1 is 1.71 bits per heavy atom. The van der Waals surface area contributed by atoms with Crippen LogP contribution >= 0.6 is 0 Å². The van der Waals surface area contributed by atoms with Crippen molar-refractivity contribution in [2.75, 3.05) is 20.5 Å². The van der Waals surface area contributed by atoms with Crippen molar-refractivity contribution in [2.45, 2.75) is 18.9 Å². The molecule has 6 nitrogen and oxygen atoms in total. The Bertz CT molecular complexity index is 353. The van der Waals surface area contributed by atoms with Gasteiger partial charge in [0.1, 0.15) is 6.04 Å². The van der Waals surface area contributed by atoms with Crippen molar-refractivity contribution in [1.82, 2.24) is 4.90 Å². The van der Waals surface area contributed by atoms with Gasteiger partial charge < -0.3 is 21.5 Å². The van der Waals surface area contributed by atoms with Crippen LogP contribution in [0.25, 0.3) is 0 Å². The van der Waals surface area contributed by atoms with Crippen LogP contribution in [-0.4, -0.2) is 48.5 Å². The van der Waals surface area contributed by atoms with E-state index in [1.807, 2.05) is 0 Å². The van der Waals surface area contributed by atoms with Crippen LogP contribution in [0.15, 0.2) is 4.99 Å². The van der Waals surface area contributed by atoms with Gasteiger partial charge in [-0.1, -0.05) is 0 Å². The fraction of sp³-hybridized carbons (Fsp3) is 0.750. The second kappa shape index (κ2) is 6.20. The van der Waals surface area contributed by atoms with Crippen LogP contribution in [0.1, 0.15) is 21.1 Å². The van der Waals surface area contributed by atoms with Gasteiger partial charge in [0.05, 0.1) is 0 Å². The van der Waals surface area contributed by atoms with Gasteiger partial charge >= 0.3 is 5.97 Å². The first-order chi connectivity index (χ1) is 8.87. The summed E-state index contributed by atoms with van der Waals surface area (Å²) in [6, 6.07) is -1.05. The van der Waals surface area contributed by atoms with Gasteiger partial charge in [-0.15, -0.1) is 0 Å². The van der Waals surface area contributed by atoms with Gasteiger partial charge in [0, 0.05) is 28.7 Å². The summed E-state index contributed by atoms with van der Waals surface area (Å²) in [5.74, 6) is -1.80. The average Bonchev–Trinajstić information content (AvgIpc) is 2.19. The quantitative estimate of drug-likeness (QED) is 0.307. The van der Waals surface area contributed by atoms with Crippen molar-refractivity contribution in [1.29, 1.82) is 0 Å². The van der Waals surface area contributed by atoms with E-state index in [-0.39, 0.29) is 24.3 Å². The number of rotatable bonds is 5. The van der Waals surface area contributed by atoms with Gasteiger partial charge in [0.15, 0.2) is 5.96 Å². The van der Waals surface area contributed by atoms with Gasteiger partial charge in [-0.2, -0.15) is 0 Å². The lowest BCUT2D eigenvalue weighted by Crippen LogP contribution is -2.31. The molecule has 0 aromatic heterocycles. The topological polar surface area (TPSA) is 105 Å². The zero-order valence-electron chi connectivity index (χ0n) is 13.6. The average molecular weight is 208 g/mol. The monoisotopic (exact) mass is 208 g/mol. The molecule has 0 aliphatic rings. The summed E-state index contributed by atoms with van der Waals surface area (Å²) in [7, 11) is 0. The number of aliphatic imine (C=N–C) groups is 1. The van der Waals surface area contributed by atoms with Crippen LogP contribution in [0.2, 0.25) is 0 Å². The highest BCUT2D eigenvalue weighted by Crippen LogP contribution is 1.95. The maximum absolute atomic E-state index is 10.5. The first kappa shape index (κ1) is 5.55. The molecule has 0 saturated heterocycles. The van der Waals surface area contributed by atoms with Crippen molar-refractivity contribution in [3.63, 3.8) is 0 Å². The third-order valence-electron chi connectivity index (χ3n) is 1.49. The summed E-state index contributed by atoms with van der Waals surface area (Å²) < 4.78 is 42.7. The number of hydrogen-bond acceptors (Lipinski definition) is 3. The third kappa shape index (κ3) is 5.36. The summed E-state index contributed by atoms with van der Waals surface area (Å²) in [4.78, 5) is 14.2. The summed E-state index contributed by atoms with van der Waals surface area (Å²) in [6.07, 6.45) is 0.359. The molecule has 6 heteroatoms. The summed E-state index contributed by atoms with van der Waals surface area (Å²) >= 11 is 0. The Balaban J connectivity index is 4.65. The molecule has 0 aliphatic carbocycles. The Kier molecular flexibility index (Phi) is 2.46. The predicted molar refractivity (Wildman–Crippen MR) is 55.0 cm³/mol. The third-order valence-corrected chi connectivity index (χ3v) is 1.49. The number of carboxylic acid groups (broad SMARTS) is 1. The van der Waals surface area contributed by atoms with Crippen molar-refractivity contribution in [3.05, 3.63) is 0 Å². The second-order valence-electron chi connectivity index (χ2n) is 2.66. The maximum atomic E-state index is 10.5. The van der Waals surface area contributed by atoms with Crippen molar-refractivity contribution in [2.24, 2.45) is 16.5 Å². The van der Waals surface area contributed by atoms with Crippen molar-refractivity contribution in [3.8, 4) is 0 Å². The number of aliphatic carboxylic acids is 1. The molecule has 0 amide bonds. The number of carboxylic acids is 1. The number of nitrogens with zero attached hydrogens (tertiary/aromatic N) is 2. The Labute approximate surface area is 92.0 Å². The predicted octanol–water partition coefficient (Wildman–Crippen LogP) is -0.945. The fourth-order valence-electron chi connectivity index (χ4n) is 0.699. The fourth-order valence-corrected chi connectivity index (χ4v) is 0.699. The normalized spacial score (nSPS) is 21.9. The minimum atomic E-state index is -2.95. The largest absolute Gasteiger partial charge is 0.480 e. The maximum Gasteiger partial charge on any atom is 0.320 e. The zero-order chi connectivity index (χ0) is 16.1. The Hall–Kier alpha value is -1.30. The molecule has 0 saturated carbocycles. The number of hydrogen-bond donors (Lipinski definition) is 3. The van der Waals surface area contributed by atoms with Crippen molar-refractivity contribution >= 4 is 11.9 Å². The molecule has 0 rings (SSSR count). The highest BCUT2D eigenvalue weighted by Gasteiger charge is 2.09. The van der Waals surface area contributed by atoms with Crippen LogP contribution in [0, 0.1) is 0 Å². The molecule has 0 radical (unpaired) electrons. The van der Waals surface area contributed by atoms with E-state index >= 15 is 0 Å². The van der Waals surface area contributed by atoms with Crippen LogP contribution in [0.5, 0.6) is 0 Å². The van der Waals surface area contributed by atoms with E-state index in [1.54, 1.807) is 0 Å². The molecular weight excluding hydrogens is 184 g/mol. The lowest BCUT2D eigenvalue weighted by Gasteiger charge is -2.10.